The minimum Gasteiger partial charge on any atom is -0.412 e. The summed E-state index contributed by atoms with van der Waals surface area (Å²) in [6.07, 6.45) is 2.34. The quantitative estimate of drug-likeness (QED) is 0.347. The zero-order valence-electron chi connectivity index (χ0n) is 5.35. The summed E-state index contributed by atoms with van der Waals surface area (Å²) in [5, 5.41) is 2.89. The van der Waals surface area contributed by atoms with E-state index in [1.165, 1.54) is 6.42 Å². The first-order chi connectivity index (χ1) is 3.77. The van der Waals surface area contributed by atoms with E-state index in [-0.39, 0.29) is 21.1 Å². The van der Waals surface area contributed by atoms with Gasteiger partial charge in [-0.15, -0.1) is 0 Å². The third-order valence-electron chi connectivity index (χ3n) is 0.800. The van der Waals surface area contributed by atoms with Crippen LogP contribution in [-0.2, 0) is 33.7 Å². The second kappa shape index (κ2) is 8.80. The van der Waals surface area contributed by atoms with Crippen LogP contribution in [0.5, 0.6) is 0 Å². The predicted octanol–water partition coefficient (Wildman–Crippen LogP) is 1.21. The van der Waals surface area contributed by atoms with Gasteiger partial charge < -0.3 is 30.2 Å². The van der Waals surface area contributed by atoms with Gasteiger partial charge in [-0.25, -0.2) is 0 Å². The van der Waals surface area contributed by atoms with E-state index in [0.29, 0.717) is 4.32 Å². The van der Waals surface area contributed by atoms with Crippen LogP contribution >= 0.6 is 12.2 Å². The van der Waals surface area contributed by atoms with Gasteiger partial charge >= 0.3 is 0 Å². The van der Waals surface area contributed by atoms with Gasteiger partial charge in [-0.1, -0.05) is 17.7 Å². The molecule has 0 unspecified atom stereocenters. The summed E-state index contributed by atoms with van der Waals surface area (Å²) in [4.78, 5) is 0. The fraction of sp³-hybridized carbons (Fsp3) is 0.800. The van der Waals surface area contributed by atoms with Crippen LogP contribution < -0.4 is 5.32 Å². The average Bonchev–Trinajstić information content (AvgIpc) is 1.66. The van der Waals surface area contributed by atoms with Gasteiger partial charge in [0.2, 0.25) is 0 Å². The fourth-order valence-corrected chi connectivity index (χ4v) is 0.571. The third kappa shape index (κ3) is 12.1. The van der Waals surface area contributed by atoms with Crippen molar-refractivity contribution in [3.05, 3.63) is 0 Å². The summed E-state index contributed by atoms with van der Waals surface area (Å²) in [6, 6.07) is 0. The van der Waals surface area contributed by atoms with Crippen molar-refractivity contribution in [3.8, 4) is 0 Å². The Hall–Kier alpha value is 0.798. The van der Waals surface area contributed by atoms with E-state index < -0.39 is 0 Å². The summed E-state index contributed by atoms with van der Waals surface area (Å²) in [6.45, 7) is 3.06. The number of nitrogens with one attached hydrogen (secondary N) is 1. The van der Waals surface area contributed by atoms with Crippen molar-refractivity contribution < 1.29 is 21.1 Å². The molecule has 0 heterocycles. The van der Waals surface area contributed by atoms with Gasteiger partial charge in [-0.05, 0) is 6.42 Å². The Morgan fingerprint density at radius 1 is 1.67 bits per heavy atom. The van der Waals surface area contributed by atoms with Gasteiger partial charge in [0.25, 0.3) is 0 Å². The first-order valence-electron chi connectivity index (χ1n) is 2.72. The molecular formula is C5H10MoNS2-. The molecule has 0 aromatic heterocycles. The van der Waals surface area contributed by atoms with Gasteiger partial charge in [0.1, 0.15) is 0 Å². The molecule has 0 aromatic carbocycles. The molecule has 0 radical (unpaired) electrons. The second-order valence-corrected chi connectivity index (χ2v) is 2.64. The maximum absolute atomic E-state index is 4.61. The standard InChI is InChI=1S/C5H11NS2.Mo/c1-2-3-4-6-5(7)8;/h2-4H2,1H3,(H2,6,7,8);/p-1. The maximum Gasteiger partial charge on any atom is 0.0131 e. The van der Waals surface area contributed by atoms with Crippen LogP contribution in [0.1, 0.15) is 19.8 Å². The monoisotopic (exact) mass is 246 g/mol. The van der Waals surface area contributed by atoms with Crippen molar-refractivity contribution in [1.82, 2.24) is 5.32 Å². The van der Waals surface area contributed by atoms with Crippen LogP contribution in [0.2, 0.25) is 0 Å². The molecule has 1 nitrogen and oxygen atoms in total. The SMILES string of the molecule is CCCCNC(=S)[S-].[Mo]. The molecule has 9 heavy (non-hydrogen) atoms. The van der Waals surface area contributed by atoms with Gasteiger partial charge in [-0.2, -0.15) is 0 Å². The Balaban J connectivity index is 0. The molecule has 0 fully saturated rings. The van der Waals surface area contributed by atoms with Gasteiger partial charge in [0.15, 0.2) is 0 Å². The van der Waals surface area contributed by atoms with Crippen molar-refractivity contribution in [2.24, 2.45) is 0 Å². The van der Waals surface area contributed by atoms with Gasteiger partial charge in [-0.3, -0.25) is 0 Å². The number of rotatable bonds is 3. The third-order valence-corrected chi connectivity index (χ3v) is 1.09. The molecule has 0 atom stereocenters. The van der Waals surface area contributed by atoms with Gasteiger partial charge in [0.05, 0.1) is 0 Å². The molecule has 0 bridgehead atoms. The molecule has 4 heteroatoms. The largest absolute Gasteiger partial charge is 0.412 e. The number of hydrogen-bond donors (Lipinski definition) is 1. The number of unbranched alkanes of at least 4 members (excludes halogenated alkanes) is 1. The van der Waals surface area contributed by atoms with Crippen LogP contribution in [0, 0.1) is 0 Å². The summed E-state index contributed by atoms with van der Waals surface area (Å²) >= 11 is 9.23. The molecule has 0 aliphatic rings. The van der Waals surface area contributed by atoms with Crippen LogP contribution in [0.25, 0.3) is 0 Å². The molecular weight excluding hydrogens is 234 g/mol. The second-order valence-electron chi connectivity index (χ2n) is 1.57. The molecule has 0 saturated carbocycles. The summed E-state index contributed by atoms with van der Waals surface area (Å²) in [5.74, 6) is 0. The predicted molar refractivity (Wildman–Crippen MR) is 42.9 cm³/mol. The van der Waals surface area contributed by atoms with Crippen LogP contribution in [0.4, 0.5) is 0 Å². The van der Waals surface area contributed by atoms with E-state index in [1.54, 1.807) is 0 Å². The first-order valence-corrected chi connectivity index (χ1v) is 3.54. The smallest absolute Gasteiger partial charge is 0.0131 e. The van der Waals surface area contributed by atoms with Crippen LogP contribution in [0.3, 0.4) is 0 Å². The van der Waals surface area contributed by atoms with E-state index in [2.05, 4.69) is 37.1 Å². The molecule has 0 spiro atoms. The molecule has 1 N–H and O–H groups in total. The van der Waals surface area contributed by atoms with Crippen molar-refractivity contribution in [2.45, 2.75) is 19.8 Å². The van der Waals surface area contributed by atoms with E-state index in [4.69, 9.17) is 0 Å². The molecule has 0 amide bonds. The Kier molecular flexibility index (Phi) is 12.2. The summed E-state index contributed by atoms with van der Waals surface area (Å²) in [7, 11) is 0. The number of hydrogen-bond acceptors (Lipinski definition) is 2. The van der Waals surface area contributed by atoms with Crippen molar-refractivity contribution in [3.63, 3.8) is 0 Å². The summed E-state index contributed by atoms with van der Waals surface area (Å²) < 4.78 is 0.485. The van der Waals surface area contributed by atoms with E-state index in [9.17, 15) is 0 Å². The Morgan fingerprint density at radius 3 is 2.56 bits per heavy atom. The van der Waals surface area contributed by atoms with Crippen LogP contribution in [0.15, 0.2) is 0 Å². The number of thiocarbonyl (C=S) groups is 1. The van der Waals surface area contributed by atoms with Gasteiger partial charge in [0, 0.05) is 27.6 Å². The minimum absolute atomic E-state index is 0. The Bertz CT molecular complexity index is 77.4. The molecule has 0 aliphatic heterocycles. The maximum atomic E-state index is 4.61. The van der Waals surface area contributed by atoms with Crippen molar-refractivity contribution >= 4 is 29.2 Å². The van der Waals surface area contributed by atoms with Crippen LogP contribution in [-0.4, -0.2) is 10.9 Å². The van der Waals surface area contributed by atoms with Crippen molar-refractivity contribution in [1.29, 1.82) is 0 Å². The van der Waals surface area contributed by atoms with Crippen molar-refractivity contribution in [2.75, 3.05) is 6.54 Å². The molecule has 54 valence electrons. The average molecular weight is 244 g/mol. The van der Waals surface area contributed by atoms with E-state index in [1.807, 2.05) is 0 Å². The molecule has 0 aromatic rings. The normalized spacial score (nSPS) is 7.67. The Labute approximate surface area is 81.7 Å². The van der Waals surface area contributed by atoms with E-state index in [0.717, 1.165) is 13.0 Å². The zero-order valence-corrected chi connectivity index (χ0v) is 8.99. The fourth-order valence-electron chi connectivity index (χ4n) is 0.367. The topological polar surface area (TPSA) is 12.0 Å². The zero-order chi connectivity index (χ0) is 6.41. The molecule has 0 rings (SSSR count). The Morgan fingerprint density at radius 2 is 2.22 bits per heavy atom. The first kappa shape index (κ1) is 12.5. The van der Waals surface area contributed by atoms with E-state index >= 15 is 0 Å². The molecule has 0 aliphatic carbocycles. The minimum atomic E-state index is 0. The summed E-state index contributed by atoms with van der Waals surface area (Å²) in [5.41, 5.74) is 0. The molecule has 0 saturated heterocycles.